The van der Waals surface area contributed by atoms with Crippen LogP contribution in [0.25, 0.3) is 0 Å². The molecular weight excluding hydrogens is 386 g/mol. The third kappa shape index (κ3) is 4.73. The summed E-state index contributed by atoms with van der Waals surface area (Å²) in [6.07, 6.45) is 10.2. The number of likely N-dealkylation sites (tertiary alicyclic amines) is 1. The monoisotopic (exact) mass is 417 g/mol. The van der Waals surface area contributed by atoms with Gasteiger partial charge in [0, 0.05) is 71.3 Å². The highest BCUT2D eigenvalue weighted by atomic mass is 16.5. The van der Waals surface area contributed by atoms with Gasteiger partial charge in [-0.1, -0.05) is 5.16 Å². The van der Waals surface area contributed by atoms with E-state index in [0.29, 0.717) is 37.8 Å². The van der Waals surface area contributed by atoms with E-state index in [-0.39, 0.29) is 17.2 Å². The van der Waals surface area contributed by atoms with Crippen LogP contribution in [0.2, 0.25) is 0 Å². The minimum Gasteiger partial charge on any atom is -0.385 e. The number of piperidine rings is 1. The Labute approximate surface area is 176 Å². The van der Waals surface area contributed by atoms with Gasteiger partial charge in [-0.25, -0.2) is 4.98 Å². The lowest BCUT2D eigenvalue weighted by Crippen LogP contribution is -2.49. The molecule has 2 aliphatic heterocycles. The van der Waals surface area contributed by atoms with Gasteiger partial charge in [-0.2, -0.15) is 4.98 Å². The summed E-state index contributed by atoms with van der Waals surface area (Å²) in [4.78, 5) is 23.7. The van der Waals surface area contributed by atoms with Gasteiger partial charge in [0.2, 0.25) is 11.8 Å². The van der Waals surface area contributed by atoms with Crippen molar-refractivity contribution in [3.63, 3.8) is 0 Å². The first-order chi connectivity index (χ1) is 14.7. The number of methoxy groups -OCH3 is 1. The Morgan fingerprint density at radius 1 is 1.37 bits per heavy atom. The highest BCUT2D eigenvalue weighted by molar-refractivity contribution is 5.76. The van der Waals surface area contributed by atoms with Gasteiger partial charge in [-0.15, -0.1) is 0 Å². The van der Waals surface area contributed by atoms with E-state index in [0.717, 1.165) is 51.9 Å². The van der Waals surface area contributed by atoms with E-state index >= 15 is 0 Å². The predicted octanol–water partition coefficient (Wildman–Crippen LogP) is 2.15. The standard InChI is InChI=1S/C21H31N5O4/c1-28-14-7-21(20-23-19(30-24-20)17-4-12-29-13-5-17)6-2-9-26(15-21)18(27)3-10-25-11-8-22-16-25/h8,11,16-17H,2-7,9-10,12-15H2,1H3. The van der Waals surface area contributed by atoms with Crippen molar-refractivity contribution in [3.05, 3.63) is 30.4 Å². The molecule has 164 valence electrons. The predicted molar refractivity (Wildman–Crippen MR) is 108 cm³/mol. The van der Waals surface area contributed by atoms with E-state index in [1.807, 2.05) is 15.7 Å². The molecule has 9 nitrogen and oxygen atoms in total. The van der Waals surface area contributed by atoms with Crippen molar-refractivity contribution in [1.29, 1.82) is 0 Å². The molecule has 0 aromatic carbocycles. The Kier molecular flexibility index (Phi) is 6.79. The SMILES string of the molecule is COCCC1(c2noc(C3CCOCC3)n2)CCCN(C(=O)CCn2ccnc2)C1. The Morgan fingerprint density at radius 3 is 3.00 bits per heavy atom. The highest BCUT2D eigenvalue weighted by Crippen LogP contribution is 2.37. The first-order valence-electron chi connectivity index (χ1n) is 10.8. The van der Waals surface area contributed by atoms with Crippen molar-refractivity contribution in [2.45, 2.75) is 56.4 Å². The quantitative estimate of drug-likeness (QED) is 0.649. The summed E-state index contributed by atoms with van der Waals surface area (Å²) in [5, 5.41) is 4.39. The van der Waals surface area contributed by atoms with Gasteiger partial charge in [-0.3, -0.25) is 4.79 Å². The smallest absolute Gasteiger partial charge is 0.229 e. The molecule has 4 heterocycles. The van der Waals surface area contributed by atoms with E-state index in [4.69, 9.17) is 19.0 Å². The second-order valence-corrected chi connectivity index (χ2v) is 8.34. The molecule has 2 aromatic rings. The molecule has 2 fully saturated rings. The van der Waals surface area contributed by atoms with E-state index in [1.165, 1.54) is 0 Å². The van der Waals surface area contributed by atoms with Gasteiger partial charge in [0.05, 0.1) is 11.7 Å². The maximum atomic E-state index is 12.9. The van der Waals surface area contributed by atoms with Crippen LogP contribution in [0.3, 0.4) is 0 Å². The van der Waals surface area contributed by atoms with Crippen molar-refractivity contribution >= 4 is 5.91 Å². The summed E-state index contributed by atoms with van der Waals surface area (Å²) < 4.78 is 18.5. The van der Waals surface area contributed by atoms with Gasteiger partial charge in [0.1, 0.15) is 0 Å². The number of hydrogen-bond donors (Lipinski definition) is 0. The zero-order valence-electron chi connectivity index (χ0n) is 17.7. The Bertz CT molecular complexity index is 802. The number of aryl methyl sites for hydroxylation is 1. The summed E-state index contributed by atoms with van der Waals surface area (Å²) in [6, 6.07) is 0. The number of nitrogens with zero attached hydrogens (tertiary/aromatic N) is 5. The van der Waals surface area contributed by atoms with Gasteiger partial charge in [0.15, 0.2) is 5.82 Å². The van der Waals surface area contributed by atoms with Crippen LogP contribution in [-0.2, 0) is 26.2 Å². The zero-order chi connectivity index (χ0) is 20.8. The molecule has 2 saturated heterocycles. The number of carbonyl (C=O) groups is 1. The molecule has 0 radical (unpaired) electrons. The third-order valence-electron chi connectivity index (χ3n) is 6.34. The fourth-order valence-electron chi connectivity index (χ4n) is 4.50. The molecule has 0 spiro atoms. The van der Waals surface area contributed by atoms with E-state index in [1.54, 1.807) is 19.6 Å². The van der Waals surface area contributed by atoms with Crippen molar-refractivity contribution < 1.29 is 18.8 Å². The third-order valence-corrected chi connectivity index (χ3v) is 6.34. The fourth-order valence-corrected chi connectivity index (χ4v) is 4.50. The largest absolute Gasteiger partial charge is 0.385 e. The van der Waals surface area contributed by atoms with Crippen molar-refractivity contribution in [2.24, 2.45) is 0 Å². The number of ether oxygens (including phenoxy) is 2. The lowest BCUT2D eigenvalue weighted by Gasteiger charge is -2.41. The average molecular weight is 418 g/mol. The number of aromatic nitrogens is 4. The van der Waals surface area contributed by atoms with E-state index in [2.05, 4.69) is 10.1 Å². The number of imidazole rings is 1. The van der Waals surface area contributed by atoms with Crippen LogP contribution in [-0.4, -0.2) is 70.5 Å². The first kappa shape index (κ1) is 21.0. The Balaban J connectivity index is 1.47. The van der Waals surface area contributed by atoms with Gasteiger partial charge >= 0.3 is 0 Å². The number of amides is 1. The van der Waals surface area contributed by atoms with Gasteiger partial charge in [0.25, 0.3) is 0 Å². The minimum absolute atomic E-state index is 0.151. The van der Waals surface area contributed by atoms with Crippen molar-refractivity contribution in [3.8, 4) is 0 Å². The second kappa shape index (κ2) is 9.70. The summed E-state index contributed by atoms with van der Waals surface area (Å²) in [5.41, 5.74) is -0.328. The molecule has 0 saturated carbocycles. The minimum atomic E-state index is -0.328. The molecule has 0 bridgehead atoms. The molecular formula is C21H31N5O4. The van der Waals surface area contributed by atoms with Crippen LogP contribution >= 0.6 is 0 Å². The molecule has 2 aromatic heterocycles. The number of hydrogen-bond acceptors (Lipinski definition) is 7. The maximum Gasteiger partial charge on any atom is 0.229 e. The number of carbonyl (C=O) groups excluding carboxylic acids is 1. The molecule has 4 rings (SSSR count). The van der Waals surface area contributed by atoms with Gasteiger partial charge < -0.3 is 23.5 Å². The normalized spacial score (nSPS) is 23.0. The highest BCUT2D eigenvalue weighted by Gasteiger charge is 2.42. The van der Waals surface area contributed by atoms with Crippen molar-refractivity contribution in [1.82, 2.24) is 24.6 Å². The Morgan fingerprint density at radius 2 is 2.23 bits per heavy atom. The first-order valence-corrected chi connectivity index (χ1v) is 10.8. The zero-order valence-corrected chi connectivity index (χ0v) is 17.7. The molecule has 0 aliphatic carbocycles. The molecule has 1 atom stereocenters. The summed E-state index contributed by atoms with van der Waals surface area (Å²) >= 11 is 0. The van der Waals surface area contributed by atoms with Gasteiger partial charge in [-0.05, 0) is 32.1 Å². The second-order valence-electron chi connectivity index (χ2n) is 8.34. The Hall–Kier alpha value is -2.26. The lowest BCUT2D eigenvalue weighted by atomic mass is 9.76. The van der Waals surface area contributed by atoms with Crippen LogP contribution in [0.1, 0.15) is 56.2 Å². The molecule has 9 heteroatoms. The lowest BCUT2D eigenvalue weighted by molar-refractivity contribution is -0.134. The molecule has 1 amide bonds. The fraction of sp³-hybridized carbons (Fsp3) is 0.714. The van der Waals surface area contributed by atoms with Crippen molar-refractivity contribution in [2.75, 3.05) is 40.0 Å². The van der Waals surface area contributed by atoms with Crippen LogP contribution in [0, 0.1) is 0 Å². The average Bonchev–Trinajstić information content (AvgIpc) is 3.49. The maximum absolute atomic E-state index is 12.9. The van der Waals surface area contributed by atoms with Crippen LogP contribution in [0.15, 0.2) is 23.2 Å². The molecule has 30 heavy (non-hydrogen) atoms. The van der Waals surface area contributed by atoms with Crippen LogP contribution in [0.5, 0.6) is 0 Å². The molecule has 0 N–H and O–H groups in total. The summed E-state index contributed by atoms with van der Waals surface area (Å²) in [7, 11) is 1.70. The summed E-state index contributed by atoms with van der Waals surface area (Å²) in [6.45, 7) is 4.07. The van der Waals surface area contributed by atoms with E-state index < -0.39 is 0 Å². The topological polar surface area (TPSA) is 95.5 Å². The summed E-state index contributed by atoms with van der Waals surface area (Å²) in [5.74, 6) is 1.83. The molecule has 1 unspecified atom stereocenters. The van der Waals surface area contributed by atoms with E-state index in [9.17, 15) is 4.79 Å². The van der Waals surface area contributed by atoms with Crippen LogP contribution < -0.4 is 0 Å². The van der Waals surface area contributed by atoms with Crippen LogP contribution in [0.4, 0.5) is 0 Å². The number of rotatable bonds is 8. The molecule has 2 aliphatic rings.